The third-order valence-corrected chi connectivity index (χ3v) is 6.23. The molecule has 0 aliphatic carbocycles. The van der Waals surface area contributed by atoms with Crippen LogP contribution < -0.4 is 9.62 Å². The number of benzene rings is 2. The summed E-state index contributed by atoms with van der Waals surface area (Å²) in [6, 6.07) is 12.4. The van der Waals surface area contributed by atoms with Crippen LogP contribution in [0, 0.1) is 0 Å². The maximum Gasteiger partial charge on any atom is 0.264 e. The van der Waals surface area contributed by atoms with Crippen LogP contribution in [0.15, 0.2) is 53.4 Å². The largest absolute Gasteiger partial charge is 0.355 e. The Balaban J connectivity index is 2.35. The van der Waals surface area contributed by atoms with Crippen molar-refractivity contribution in [3.8, 4) is 0 Å². The molecule has 0 unspecified atom stereocenters. The second-order valence-corrected chi connectivity index (χ2v) is 8.68. The number of nitrogens with zero attached hydrogens (tertiary/aromatic N) is 1. The van der Waals surface area contributed by atoms with E-state index in [1.807, 2.05) is 0 Å². The third-order valence-electron chi connectivity index (χ3n) is 3.90. The van der Waals surface area contributed by atoms with Crippen molar-refractivity contribution in [2.45, 2.75) is 31.1 Å². The molecule has 0 saturated heterocycles. The van der Waals surface area contributed by atoms with Gasteiger partial charge in [-0.1, -0.05) is 61.2 Å². The van der Waals surface area contributed by atoms with E-state index in [9.17, 15) is 13.2 Å². The lowest BCUT2D eigenvalue weighted by Crippen LogP contribution is -2.41. The van der Waals surface area contributed by atoms with Crippen molar-refractivity contribution >= 4 is 44.8 Å². The fourth-order valence-corrected chi connectivity index (χ4v) is 4.37. The highest BCUT2D eigenvalue weighted by Gasteiger charge is 2.28. The number of unbranched alkanes of at least 4 members (excludes halogenated alkanes) is 2. The highest BCUT2D eigenvalue weighted by Crippen LogP contribution is 2.32. The molecule has 0 heterocycles. The third kappa shape index (κ3) is 5.86. The molecule has 0 saturated carbocycles. The highest BCUT2D eigenvalue weighted by molar-refractivity contribution is 7.92. The van der Waals surface area contributed by atoms with Gasteiger partial charge in [0.15, 0.2) is 0 Å². The van der Waals surface area contributed by atoms with E-state index in [-0.39, 0.29) is 22.2 Å². The molecule has 146 valence electrons. The van der Waals surface area contributed by atoms with E-state index in [2.05, 4.69) is 12.2 Å². The van der Waals surface area contributed by atoms with Gasteiger partial charge in [0, 0.05) is 11.6 Å². The first-order valence-electron chi connectivity index (χ1n) is 8.65. The minimum Gasteiger partial charge on any atom is -0.355 e. The molecule has 0 aliphatic rings. The van der Waals surface area contributed by atoms with E-state index in [0.717, 1.165) is 23.6 Å². The van der Waals surface area contributed by atoms with Crippen LogP contribution in [-0.2, 0) is 14.8 Å². The summed E-state index contributed by atoms with van der Waals surface area (Å²) in [5.74, 6) is -0.401. The predicted octanol–water partition coefficient (Wildman–Crippen LogP) is 4.50. The fourth-order valence-electron chi connectivity index (χ4n) is 2.49. The monoisotopic (exact) mass is 428 g/mol. The van der Waals surface area contributed by atoms with Crippen molar-refractivity contribution in [3.05, 3.63) is 58.6 Å². The van der Waals surface area contributed by atoms with Crippen LogP contribution in [0.3, 0.4) is 0 Å². The van der Waals surface area contributed by atoms with Crippen molar-refractivity contribution < 1.29 is 13.2 Å². The molecule has 0 atom stereocenters. The summed E-state index contributed by atoms with van der Waals surface area (Å²) in [4.78, 5) is 12.4. The number of hydrogen-bond acceptors (Lipinski definition) is 3. The maximum atomic E-state index is 13.2. The van der Waals surface area contributed by atoms with Crippen molar-refractivity contribution in [2.24, 2.45) is 0 Å². The molecule has 1 amide bonds. The van der Waals surface area contributed by atoms with Crippen molar-refractivity contribution in [1.82, 2.24) is 5.32 Å². The summed E-state index contributed by atoms with van der Waals surface area (Å²) in [6.07, 6.45) is 2.86. The summed E-state index contributed by atoms with van der Waals surface area (Å²) in [5.41, 5.74) is 0.164. The van der Waals surface area contributed by atoms with Crippen LogP contribution in [0.5, 0.6) is 0 Å². The van der Waals surface area contributed by atoms with Crippen molar-refractivity contribution in [2.75, 3.05) is 17.4 Å². The van der Waals surface area contributed by atoms with Crippen LogP contribution in [0.25, 0.3) is 0 Å². The van der Waals surface area contributed by atoms with Gasteiger partial charge in [-0.15, -0.1) is 0 Å². The van der Waals surface area contributed by atoms with Gasteiger partial charge in [-0.3, -0.25) is 9.10 Å². The standard InChI is InChI=1S/C19H22Cl2N2O3S/c1-2-3-7-12-22-19(24)14-23(18-13-15(20)10-11-17(18)21)27(25,26)16-8-5-4-6-9-16/h4-6,8-11,13H,2-3,7,12,14H2,1H3,(H,22,24). The Morgan fingerprint density at radius 1 is 1.07 bits per heavy atom. The Bertz CT molecular complexity index is 874. The minimum atomic E-state index is -3.99. The lowest BCUT2D eigenvalue weighted by molar-refractivity contribution is -0.119. The molecule has 0 aliphatic heterocycles. The molecule has 2 aromatic carbocycles. The Hall–Kier alpha value is -1.76. The summed E-state index contributed by atoms with van der Waals surface area (Å²) in [7, 11) is -3.99. The van der Waals surface area contributed by atoms with E-state index in [0.29, 0.717) is 11.6 Å². The first kappa shape index (κ1) is 21.5. The number of nitrogens with one attached hydrogen (secondary N) is 1. The Labute approximate surface area is 170 Å². The summed E-state index contributed by atoms with van der Waals surface area (Å²) >= 11 is 12.2. The van der Waals surface area contributed by atoms with E-state index in [4.69, 9.17) is 23.2 Å². The fraction of sp³-hybridized carbons (Fsp3) is 0.316. The molecule has 0 fully saturated rings. The molecule has 27 heavy (non-hydrogen) atoms. The number of halogens is 2. The quantitative estimate of drug-likeness (QED) is 0.597. The number of sulfonamides is 1. The van der Waals surface area contributed by atoms with Gasteiger partial charge < -0.3 is 5.32 Å². The molecule has 0 aromatic heterocycles. The molecule has 0 bridgehead atoms. The number of hydrogen-bond donors (Lipinski definition) is 1. The van der Waals surface area contributed by atoms with Crippen molar-refractivity contribution in [3.63, 3.8) is 0 Å². The zero-order chi connectivity index (χ0) is 19.9. The Morgan fingerprint density at radius 2 is 1.78 bits per heavy atom. The number of amides is 1. The molecular weight excluding hydrogens is 407 g/mol. The van der Waals surface area contributed by atoms with Gasteiger partial charge in [0.25, 0.3) is 10.0 Å². The maximum absolute atomic E-state index is 13.2. The minimum absolute atomic E-state index is 0.0693. The van der Waals surface area contributed by atoms with E-state index < -0.39 is 15.9 Å². The van der Waals surface area contributed by atoms with Crippen molar-refractivity contribution in [1.29, 1.82) is 0 Å². The average molecular weight is 429 g/mol. The SMILES string of the molecule is CCCCCNC(=O)CN(c1cc(Cl)ccc1Cl)S(=O)(=O)c1ccccc1. The Kier molecular flexibility index (Phi) is 7.95. The van der Waals surface area contributed by atoms with E-state index in [1.54, 1.807) is 24.3 Å². The van der Waals surface area contributed by atoms with Crippen LogP contribution in [-0.4, -0.2) is 27.4 Å². The lowest BCUT2D eigenvalue weighted by atomic mass is 10.2. The summed E-state index contributed by atoms with van der Waals surface area (Å²) in [5, 5.41) is 3.27. The molecule has 8 heteroatoms. The molecule has 2 rings (SSSR count). The first-order valence-corrected chi connectivity index (χ1v) is 10.9. The summed E-state index contributed by atoms with van der Waals surface area (Å²) < 4.78 is 27.3. The van der Waals surface area contributed by atoms with Crippen LogP contribution >= 0.6 is 23.2 Å². The topological polar surface area (TPSA) is 66.5 Å². The first-order chi connectivity index (χ1) is 12.9. The van der Waals surface area contributed by atoms with Gasteiger partial charge in [0.1, 0.15) is 6.54 Å². The van der Waals surface area contributed by atoms with E-state index >= 15 is 0 Å². The molecular formula is C19H22Cl2N2O3S. The lowest BCUT2D eigenvalue weighted by Gasteiger charge is -2.25. The number of carbonyl (C=O) groups excluding carboxylic acids is 1. The molecule has 5 nitrogen and oxygen atoms in total. The molecule has 2 aromatic rings. The van der Waals surface area contributed by atoms with Crippen LogP contribution in [0.2, 0.25) is 10.0 Å². The van der Waals surface area contributed by atoms with Gasteiger partial charge in [0.2, 0.25) is 5.91 Å². The van der Waals surface area contributed by atoms with Gasteiger partial charge >= 0.3 is 0 Å². The number of anilines is 1. The van der Waals surface area contributed by atoms with Crippen LogP contribution in [0.4, 0.5) is 5.69 Å². The van der Waals surface area contributed by atoms with Gasteiger partial charge in [-0.05, 0) is 36.8 Å². The zero-order valence-corrected chi connectivity index (χ0v) is 17.3. The second kappa shape index (κ2) is 9.97. The average Bonchev–Trinajstić information content (AvgIpc) is 2.66. The second-order valence-electron chi connectivity index (χ2n) is 5.98. The normalized spacial score (nSPS) is 11.2. The molecule has 1 N–H and O–H groups in total. The Morgan fingerprint density at radius 3 is 2.44 bits per heavy atom. The smallest absolute Gasteiger partial charge is 0.264 e. The molecule has 0 radical (unpaired) electrons. The van der Waals surface area contributed by atoms with Gasteiger partial charge in [-0.25, -0.2) is 8.42 Å². The van der Waals surface area contributed by atoms with E-state index in [1.165, 1.54) is 24.3 Å². The number of rotatable bonds is 9. The highest BCUT2D eigenvalue weighted by atomic mass is 35.5. The zero-order valence-electron chi connectivity index (χ0n) is 15.0. The number of carbonyl (C=O) groups is 1. The molecule has 0 spiro atoms. The van der Waals surface area contributed by atoms with Gasteiger partial charge in [0.05, 0.1) is 15.6 Å². The van der Waals surface area contributed by atoms with Gasteiger partial charge in [-0.2, -0.15) is 0 Å². The predicted molar refractivity (Wildman–Crippen MR) is 110 cm³/mol. The van der Waals surface area contributed by atoms with Crippen LogP contribution in [0.1, 0.15) is 26.2 Å². The summed E-state index contributed by atoms with van der Waals surface area (Å²) in [6.45, 7) is 2.18.